The number of rotatable bonds is 16. The zero-order valence-electron chi connectivity index (χ0n) is 38.3. The van der Waals surface area contributed by atoms with Crippen molar-refractivity contribution < 1.29 is 19.5 Å². The summed E-state index contributed by atoms with van der Waals surface area (Å²) < 4.78 is 8.07. The van der Waals surface area contributed by atoms with Crippen LogP contribution in [0.25, 0.3) is 22.3 Å². The third-order valence-electron chi connectivity index (χ3n) is 10.8. The Morgan fingerprint density at radius 1 is 0.697 bits per heavy atom. The standard InChI is InChI=1S/C22H28BrN5O4S.C22H26BrN5O4S/c2*1-6-15(12-29)24-19(31)22(2,3)33-20-25-17-16(18(30)27(5)21(32)26(17)4)28(20)11-13-8-7-9-14(23)10-13/h7-10,15,29H,6,11-12H2,1-5H3,(H,24,31);7-10,12,15H,6,11H2,1-5H3,(H,24,31). The van der Waals surface area contributed by atoms with E-state index in [2.05, 4.69) is 52.5 Å². The number of aliphatic hydroxyl groups excluding tert-OH is 1. The van der Waals surface area contributed by atoms with Gasteiger partial charge < -0.3 is 29.7 Å². The van der Waals surface area contributed by atoms with Crippen LogP contribution in [-0.4, -0.2) is 88.8 Å². The first kappa shape index (κ1) is 51.9. The molecular weight excluding hydrogens is 1020 g/mol. The van der Waals surface area contributed by atoms with Gasteiger partial charge in [-0.05, 0) is 75.9 Å². The molecule has 22 heteroatoms. The molecule has 2 atom stereocenters. The average Bonchev–Trinajstić information content (AvgIpc) is 3.80. The molecule has 354 valence electrons. The SMILES string of the molecule is CCC(C=O)NC(=O)C(C)(C)Sc1nc2c(c(=O)n(C)c(=O)n2C)n1Cc1cccc(Br)c1.CCC(CO)NC(=O)C(C)(C)Sc1nc2c(c(=O)n(C)c(=O)n2C)n1Cc1cccc(Br)c1. The van der Waals surface area contributed by atoms with Gasteiger partial charge in [0, 0.05) is 37.1 Å². The molecule has 2 aromatic carbocycles. The van der Waals surface area contributed by atoms with E-state index in [0.717, 1.165) is 29.2 Å². The maximum Gasteiger partial charge on any atom is 0.332 e. The van der Waals surface area contributed by atoms with Crippen LogP contribution in [0.2, 0.25) is 0 Å². The van der Waals surface area contributed by atoms with Crippen molar-refractivity contribution in [3.05, 3.63) is 110 Å². The number of amides is 2. The van der Waals surface area contributed by atoms with Crippen molar-refractivity contribution in [2.75, 3.05) is 6.61 Å². The van der Waals surface area contributed by atoms with Gasteiger partial charge in [-0.1, -0.05) is 93.5 Å². The minimum Gasteiger partial charge on any atom is -0.394 e. The molecule has 0 aliphatic carbocycles. The number of carbonyl (C=O) groups is 3. The number of aryl methyl sites for hydroxylation is 2. The van der Waals surface area contributed by atoms with Crippen molar-refractivity contribution in [2.45, 2.75) is 99.4 Å². The summed E-state index contributed by atoms with van der Waals surface area (Å²) in [5.74, 6) is -0.578. The summed E-state index contributed by atoms with van der Waals surface area (Å²) in [5, 5.41) is 15.9. The van der Waals surface area contributed by atoms with Crippen LogP contribution < -0.4 is 33.1 Å². The molecule has 0 spiro atoms. The van der Waals surface area contributed by atoms with Gasteiger partial charge in [-0.25, -0.2) is 19.6 Å². The highest BCUT2D eigenvalue weighted by Crippen LogP contribution is 2.36. The molecule has 6 rings (SSSR count). The number of aldehydes is 1. The fourth-order valence-corrected chi connectivity index (χ4v) is 9.60. The number of nitrogens with one attached hydrogen (secondary N) is 2. The van der Waals surface area contributed by atoms with Crippen LogP contribution in [0, 0.1) is 0 Å². The third kappa shape index (κ3) is 11.2. The van der Waals surface area contributed by atoms with E-state index < -0.39 is 38.0 Å². The zero-order chi connectivity index (χ0) is 49.0. The lowest BCUT2D eigenvalue weighted by molar-refractivity contribution is -0.125. The predicted octanol–water partition coefficient (Wildman–Crippen LogP) is 4.21. The van der Waals surface area contributed by atoms with Crippen LogP contribution in [0.5, 0.6) is 0 Å². The van der Waals surface area contributed by atoms with E-state index in [1.807, 2.05) is 62.4 Å². The third-order valence-corrected chi connectivity index (χ3v) is 14.2. The Balaban J connectivity index is 0.000000247. The Kier molecular flexibility index (Phi) is 16.8. The number of halogens is 2. The monoisotopic (exact) mass is 1070 g/mol. The van der Waals surface area contributed by atoms with E-state index in [1.165, 1.54) is 46.8 Å². The number of fused-ring (bicyclic) bond motifs is 2. The van der Waals surface area contributed by atoms with Crippen molar-refractivity contribution in [2.24, 2.45) is 28.2 Å². The molecule has 0 bridgehead atoms. The molecule has 66 heavy (non-hydrogen) atoms. The number of aromatic nitrogens is 8. The second kappa shape index (κ2) is 21.3. The largest absolute Gasteiger partial charge is 0.394 e. The molecule has 4 heterocycles. The molecule has 0 fully saturated rings. The highest BCUT2D eigenvalue weighted by atomic mass is 79.9. The molecule has 0 saturated carbocycles. The highest BCUT2D eigenvalue weighted by Gasteiger charge is 2.35. The fourth-order valence-electron chi connectivity index (χ4n) is 6.70. The molecule has 18 nitrogen and oxygen atoms in total. The average molecular weight is 1070 g/mol. The number of imidazole rings is 2. The van der Waals surface area contributed by atoms with Gasteiger partial charge in [-0.3, -0.25) is 37.4 Å². The van der Waals surface area contributed by atoms with Gasteiger partial charge in [0.05, 0.1) is 41.3 Å². The van der Waals surface area contributed by atoms with Crippen molar-refractivity contribution in [3.8, 4) is 0 Å². The number of benzene rings is 2. The van der Waals surface area contributed by atoms with Gasteiger partial charge in [0.25, 0.3) is 11.1 Å². The van der Waals surface area contributed by atoms with E-state index in [0.29, 0.717) is 48.0 Å². The quantitative estimate of drug-likeness (QED) is 0.0918. The van der Waals surface area contributed by atoms with Crippen molar-refractivity contribution in [1.29, 1.82) is 0 Å². The number of thioether (sulfide) groups is 2. The molecule has 2 unspecified atom stereocenters. The lowest BCUT2D eigenvalue weighted by Crippen LogP contribution is -2.46. The van der Waals surface area contributed by atoms with E-state index in [1.54, 1.807) is 50.9 Å². The number of aliphatic hydroxyl groups is 1. The van der Waals surface area contributed by atoms with Gasteiger partial charge in [0.2, 0.25) is 11.8 Å². The Bertz CT molecular complexity index is 3050. The first-order valence-corrected chi connectivity index (χ1v) is 24.1. The second-order valence-corrected chi connectivity index (χ2v) is 21.6. The minimum absolute atomic E-state index is 0.150. The number of nitrogens with zero attached hydrogens (tertiary/aromatic N) is 8. The number of hydrogen-bond donors (Lipinski definition) is 3. The Morgan fingerprint density at radius 2 is 1.11 bits per heavy atom. The summed E-state index contributed by atoms with van der Waals surface area (Å²) in [5.41, 5.74) is 1.05. The minimum atomic E-state index is -1.00. The summed E-state index contributed by atoms with van der Waals surface area (Å²) in [7, 11) is 5.99. The van der Waals surface area contributed by atoms with Gasteiger partial charge in [-0.2, -0.15) is 0 Å². The van der Waals surface area contributed by atoms with Gasteiger partial charge in [-0.15, -0.1) is 0 Å². The lowest BCUT2D eigenvalue weighted by Gasteiger charge is -2.25. The summed E-state index contributed by atoms with van der Waals surface area (Å²) in [4.78, 5) is 97.4. The Morgan fingerprint density at radius 3 is 1.45 bits per heavy atom. The first-order chi connectivity index (χ1) is 31.0. The summed E-state index contributed by atoms with van der Waals surface area (Å²) >= 11 is 9.31. The van der Waals surface area contributed by atoms with Crippen LogP contribution in [0.4, 0.5) is 0 Å². The number of hydrogen-bond acceptors (Lipinski definition) is 12. The molecule has 0 aliphatic rings. The van der Waals surface area contributed by atoms with Crippen LogP contribution >= 0.6 is 55.4 Å². The van der Waals surface area contributed by atoms with Crippen molar-refractivity contribution in [1.82, 2.24) is 48.0 Å². The molecule has 3 N–H and O–H groups in total. The van der Waals surface area contributed by atoms with Crippen molar-refractivity contribution in [3.63, 3.8) is 0 Å². The topological polar surface area (TPSA) is 219 Å². The molecule has 6 aromatic rings. The first-order valence-electron chi connectivity index (χ1n) is 20.9. The van der Waals surface area contributed by atoms with Gasteiger partial charge in [0.15, 0.2) is 32.6 Å². The molecule has 0 saturated heterocycles. The second-order valence-electron chi connectivity index (χ2n) is 16.6. The fraction of sp³-hybridized carbons (Fsp3) is 0.432. The van der Waals surface area contributed by atoms with Crippen molar-refractivity contribution >= 4 is 95.8 Å². The lowest BCUT2D eigenvalue weighted by atomic mass is 10.1. The predicted molar refractivity (Wildman–Crippen MR) is 264 cm³/mol. The van der Waals surface area contributed by atoms with E-state index >= 15 is 0 Å². The van der Waals surface area contributed by atoms with Crippen LogP contribution in [0.1, 0.15) is 65.5 Å². The van der Waals surface area contributed by atoms with Crippen LogP contribution in [0.15, 0.2) is 87.0 Å². The Hall–Kier alpha value is -5.03. The molecule has 0 aliphatic heterocycles. The molecule has 4 aromatic heterocycles. The van der Waals surface area contributed by atoms with Gasteiger partial charge >= 0.3 is 11.4 Å². The van der Waals surface area contributed by atoms with E-state index in [4.69, 9.17) is 0 Å². The molecule has 0 radical (unpaired) electrons. The van der Waals surface area contributed by atoms with Crippen LogP contribution in [-0.2, 0) is 55.7 Å². The normalized spacial score (nSPS) is 12.7. The highest BCUT2D eigenvalue weighted by molar-refractivity contribution is 9.10. The smallest absolute Gasteiger partial charge is 0.332 e. The van der Waals surface area contributed by atoms with E-state index in [-0.39, 0.29) is 41.3 Å². The maximum atomic E-state index is 13.1. The van der Waals surface area contributed by atoms with Crippen LogP contribution in [0.3, 0.4) is 0 Å². The Labute approximate surface area is 405 Å². The number of carbonyl (C=O) groups excluding carboxylic acids is 3. The zero-order valence-corrected chi connectivity index (χ0v) is 43.1. The summed E-state index contributed by atoms with van der Waals surface area (Å²) in [6, 6.07) is 14.4. The summed E-state index contributed by atoms with van der Waals surface area (Å²) in [6.45, 7) is 11.2. The van der Waals surface area contributed by atoms with Gasteiger partial charge in [0.1, 0.15) is 6.29 Å². The maximum absolute atomic E-state index is 13.1. The molecular formula is C44H54Br2N10O8S2. The summed E-state index contributed by atoms with van der Waals surface area (Å²) in [6.07, 6.45) is 1.79. The van der Waals surface area contributed by atoms with E-state index in [9.17, 15) is 38.7 Å². The molecule has 2 amide bonds.